The van der Waals surface area contributed by atoms with Crippen molar-refractivity contribution < 1.29 is 0 Å². The fraction of sp³-hybridized carbons (Fsp3) is 0. The molecule has 0 aliphatic carbocycles. The van der Waals surface area contributed by atoms with Gasteiger partial charge in [0.05, 0.1) is 15.7 Å². The van der Waals surface area contributed by atoms with Gasteiger partial charge in [-0.05, 0) is 27.1 Å². The van der Waals surface area contributed by atoms with Crippen molar-refractivity contribution in [2.75, 3.05) is 0 Å². The molecule has 0 amide bonds. The molecule has 4 rings (SSSR count). The van der Waals surface area contributed by atoms with Crippen molar-refractivity contribution in [2.24, 2.45) is 0 Å². The zero-order valence-corrected chi connectivity index (χ0v) is 13.3. The smallest absolute Gasteiger partial charge is 0.0641 e. The van der Waals surface area contributed by atoms with Gasteiger partial charge < -0.3 is 4.98 Å². The molecule has 1 N–H and O–H groups in total. The number of nitrogens with zero attached hydrogens (tertiary/aromatic N) is 1. The lowest BCUT2D eigenvalue weighted by molar-refractivity contribution is 1.34. The fourth-order valence-electron chi connectivity index (χ4n) is 2.80. The van der Waals surface area contributed by atoms with Crippen LogP contribution in [0.5, 0.6) is 0 Å². The summed E-state index contributed by atoms with van der Waals surface area (Å²) in [5.41, 5.74) is 5.75. The minimum atomic E-state index is 0.976. The Morgan fingerprint density at radius 1 is 0.773 bits per heavy atom. The van der Waals surface area contributed by atoms with Crippen LogP contribution in [0.15, 0.2) is 77.5 Å². The average Bonchev–Trinajstić information content (AvgIpc) is 2.97. The van der Waals surface area contributed by atoms with Gasteiger partial charge in [0, 0.05) is 23.3 Å². The monoisotopic (exact) mass is 348 g/mol. The van der Waals surface area contributed by atoms with E-state index in [0.717, 1.165) is 21.1 Å². The van der Waals surface area contributed by atoms with Crippen LogP contribution in [0, 0.1) is 0 Å². The Bertz CT molecular complexity index is 928. The van der Waals surface area contributed by atoms with Gasteiger partial charge in [0.2, 0.25) is 0 Å². The number of aromatic nitrogens is 2. The minimum Gasteiger partial charge on any atom is -0.353 e. The summed E-state index contributed by atoms with van der Waals surface area (Å²) < 4.78 is 0.976. The molecule has 0 aliphatic rings. The first kappa shape index (κ1) is 13.3. The highest BCUT2D eigenvalue weighted by Crippen LogP contribution is 2.39. The number of aromatic amines is 1. The van der Waals surface area contributed by atoms with Crippen LogP contribution in [0.2, 0.25) is 0 Å². The Kier molecular flexibility index (Phi) is 3.28. The fourth-order valence-corrected chi connectivity index (χ4v) is 3.23. The summed E-state index contributed by atoms with van der Waals surface area (Å²) in [5.74, 6) is 0. The molecular formula is C19H13BrN2. The van der Waals surface area contributed by atoms with E-state index in [1.54, 1.807) is 0 Å². The zero-order chi connectivity index (χ0) is 14.9. The number of H-pyrrole nitrogens is 1. The number of fused-ring (bicyclic) bond motifs is 1. The second-order valence-electron chi connectivity index (χ2n) is 5.15. The van der Waals surface area contributed by atoms with E-state index in [-0.39, 0.29) is 0 Å². The van der Waals surface area contributed by atoms with Crippen molar-refractivity contribution in [3.8, 4) is 22.4 Å². The number of rotatable bonds is 2. The first-order valence-electron chi connectivity index (χ1n) is 7.10. The highest BCUT2D eigenvalue weighted by Gasteiger charge is 2.16. The van der Waals surface area contributed by atoms with Crippen molar-refractivity contribution in [2.45, 2.75) is 0 Å². The van der Waals surface area contributed by atoms with Gasteiger partial charge >= 0.3 is 0 Å². The summed E-state index contributed by atoms with van der Waals surface area (Å²) in [6.07, 6.45) is 3.74. The third-order valence-electron chi connectivity index (χ3n) is 3.79. The molecule has 22 heavy (non-hydrogen) atoms. The maximum atomic E-state index is 4.34. The summed E-state index contributed by atoms with van der Waals surface area (Å²) >= 11 is 3.60. The molecule has 2 nitrogen and oxygen atoms in total. The van der Waals surface area contributed by atoms with E-state index in [1.807, 2.05) is 24.5 Å². The average molecular weight is 349 g/mol. The standard InChI is InChI=1S/C19H13BrN2/c20-16-12-21-11-15-17(13-7-3-1-4-8-13)18(22-19(15)16)14-9-5-2-6-10-14/h1-12,22H. The molecule has 2 heterocycles. The Labute approximate surface area is 137 Å². The first-order valence-corrected chi connectivity index (χ1v) is 7.90. The molecule has 0 atom stereocenters. The number of hydrogen-bond acceptors (Lipinski definition) is 1. The lowest BCUT2D eigenvalue weighted by atomic mass is 9.99. The van der Waals surface area contributed by atoms with Crippen LogP contribution < -0.4 is 0 Å². The van der Waals surface area contributed by atoms with Crippen molar-refractivity contribution in [1.82, 2.24) is 9.97 Å². The SMILES string of the molecule is Brc1cncc2c(-c3ccccc3)c(-c3ccccc3)[nH]c12. The Morgan fingerprint density at radius 2 is 1.41 bits per heavy atom. The topological polar surface area (TPSA) is 28.7 Å². The molecular weight excluding hydrogens is 336 g/mol. The van der Waals surface area contributed by atoms with E-state index < -0.39 is 0 Å². The van der Waals surface area contributed by atoms with E-state index in [1.165, 1.54) is 16.7 Å². The Balaban J connectivity index is 2.10. The highest BCUT2D eigenvalue weighted by atomic mass is 79.9. The molecule has 0 unspecified atom stereocenters. The quantitative estimate of drug-likeness (QED) is 0.497. The summed E-state index contributed by atoms with van der Waals surface area (Å²) in [4.78, 5) is 7.90. The Hall–Kier alpha value is -2.39. The predicted molar refractivity (Wildman–Crippen MR) is 94.7 cm³/mol. The third kappa shape index (κ3) is 2.14. The molecule has 106 valence electrons. The summed E-state index contributed by atoms with van der Waals surface area (Å²) in [6.45, 7) is 0. The molecule has 0 saturated heterocycles. The van der Waals surface area contributed by atoms with Crippen molar-refractivity contribution in [1.29, 1.82) is 0 Å². The van der Waals surface area contributed by atoms with Crippen LogP contribution in [-0.2, 0) is 0 Å². The molecule has 0 aliphatic heterocycles. The molecule has 3 heteroatoms. The van der Waals surface area contributed by atoms with Crippen molar-refractivity contribution >= 4 is 26.8 Å². The van der Waals surface area contributed by atoms with E-state index in [0.29, 0.717) is 0 Å². The molecule has 0 fully saturated rings. The van der Waals surface area contributed by atoms with Crippen LogP contribution >= 0.6 is 15.9 Å². The van der Waals surface area contributed by atoms with Gasteiger partial charge in [-0.25, -0.2) is 0 Å². The van der Waals surface area contributed by atoms with Gasteiger partial charge in [-0.15, -0.1) is 0 Å². The summed E-state index contributed by atoms with van der Waals surface area (Å²) in [7, 11) is 0. The molecule has 4 aromatic rings. The lowest BCUT2D eigenvalue weighted by Gasteiger charge is -2.05. The van der Waals surface area contributed by atoms with E-state index in [9.17, 15) is 0 Å². The van der Waals surface area contributed by atoms with Gasteiger partial charge in [-0.3, -0.25) is 4.98 Å². The van der Waals surface area contributed by atoms with Crippen LogP contribution in [0.25, 0.3) is 33.3 Å². The molecule has 0 radical (unpaired) electrons. The number of halogens is 1. The molecule has 0 spiro atoms. The van der Waals surface area contributed by atoms with Crippen LogP contribution in [0.1, 0.15) is 0 Å². The van der Waals surface area contributed by atoms with Crippen LogP contribution in [0.3, 0.4) is 0 Å². The zero-order valence-electron chi connectivity index (χ0n) is 11.8. The molecule has 0 saturated carbocycles. The molecule has 2 aromatic heterocycles. The number of hydrogen-bond donors (Lipinski definition) is 1. The van der Waals surface area contributed by atoms with E-state index in [4.69, 9.17) is 0 Å². The maximum Gasteiger partial charge on any atom is 0.0641 e. The third-order valence-corrected chi connectivity index (χ3v) is 4.40. The second kappa shape index (κ2) is 5.43. The van der Waals surface area contributed by atoms with Crippen LogP contribution in [0.4, 0.5) is 0 Å². The van der Waals surface area contributed by atoms with Gasteiger partial charge in [-0.2, -0.15) is 0 Å². The van der Waals surface area contributed by atoms with Crippen molar-refractivity contribution in [3.05, 3.63) is 77.5 Å². The van der Waals surface area contributed by atoms with Gasteiger partial charge in [-0.1, -0.05) is 60.7 Å². The normalized spacial score (nSPS) is 11.0. The first-order chi connectivity index (χ1) is 10.8. The number of benzene rings is 2. The van der Waals surface area contributed by atoms with E-state index >= 15 is 0 Å². The van der Waals surface area contributed by atoms with Gasteiger partial charge in [0.1, 0.15) is 0 Å². The molecule has 0 bridgehead atoms. The minimum absolute atomic E-state index is 0.976. The second-order valence-corrected chi connectivity index (χ2v) is 6.01. The van der Waals surface area contributed by atoms with Gasteiger partial charge in [0.15, 0.2) is 0 Å². The van der Waals surface area contributed by atoms with E-state index in [2.05, 4.69) is 74.4 Å². The van der Waals surface area contributed by atoms with Crippen LogP contribution in [-0.4, -0.2) is 9.97 Å². The highest BCUT2D eigenvalue weighted by molar-refractivity contribution is 9.10. The molecule has 2 aromatic carbocycles. The largest absolute Gasteiger partial charge is 0.353 e. The van der Waals surface area contributed by atoms with Gasteiger partial charge in [0.25, 0.3) is 0 Å². The summed E-state index contributed by atoms with van der Waals surface area (Å²) in [5, 5.41) is 1.12. The predicted octanol–water partition coefficient (Wildman–Crippen LogP) is 5.66. The number of pyridine rings is 1. The maximum absolute atomic E-state index is 4.34. The Morgan fingerprint density at radius 3 is 2.09 bits per heavy atom. The summed E-state index contributed by atoms with van der Waals surface area (Å²) in [6, 6.07) is 20.8. The lowest BCUT2D eigenvalue weighted by Crippen LogP contribution is -1.82. The number of nitrogens with one attached hydrogen (secondary N) is 1. The van der Waals surface area contributed by atoms with Crippen molar-refractivity contribution in [3.63, 3.8) is 0 Å².